The van der Waals surface area contributed by atoms with Crippen LogP contribution in [0.15, 0.2) is 42.5 Å². The minimum atomic E-state index is 0.0639. The van der Waals surface area contributed by atoms with E-state index in [-0.39, 0.29) is 5.41 Å². The van der Waals surface area contributed by atoms with Gasteiger partial charge < -0.3 is 5.11 Å². The van der Waals surface area contributed by atoms with Gasteiger partial charge >= 0.3 is 0 Å². The van der Waals surface area contributed by atoms with Gasteiger partial charge in [0.25, 0.3) is 0 Å². The second kappa shape index (κ2) is 8.02. The highest BCUT2D eigenvalue weighted by Gasteiger charge is 2.21. The number of unbranched alkanes of at least 4 members (excludes halogenated alkanes) is 3. The van der Waals surface area contributed by atoms with E-state index in [1.54, 1.807) is 12.1 Å². The van der Waals surface area contributed by atoms with Crippen molar-refractivity contribution in [1.29, 1.82) is 5.26 Å². The Morgan fingerprint density at radius 1 is 1.00 bits per heavy atom. The molecule has 0 heterocycles. The molecule has 2 aromatic carbocycles. The molecule has 2 rings (SSSR count). The quantitative estimate of drug-likeness (QED) is 0.619. The fraction of sp³-hybridized carbons (Fsp3) is 0.409. The minimum absolute atomic E-state index is 0.0639. The van der Waals surface area contributed by atoms with E-state index < -0.39 is 0 Å². The summed E-state index contributed by atoms with van der Waals surface area (Å²) in [6.07, 6.45) is 6.16. The van der Waals surface area contributed by atoms with Gasteiger partial charge in [0.1, 0.15) is 5.75 Å². The number of nitrogens with zero attached hydrogens (tertiary/aromatic N) is 1. The zero-order valence-electron chi connectivity index (χ0n) is 15.0. The van der Waals surface area contributed by atoms with Gasteiger partial charge in [-0.3, -0.25) is 0 Å². The fourth-order valence-electron chi connectivity index (χ4n) is 3.06. The summed E-state index contributed by atoms with van der Waals surface area (Å²) >= 11 is 0. The third kappa shape index (κ3) is 4.38. The van der Waals surface area contributed by atoms with Crippen molar-refractivity contribution in [3.05, 3.63) is 53.6 Å². The zero-order valence-corrected chi connectivity index (χ0v) is 15.0. The monoisotopic (exact) mass is 321 g/mol. The van der Waals surface area contributed by atoms with Crippen molar-refractivity contribution in [3.8, 4) is 22.9 Å². The molecule has 0 radical (unpaired) electrons. The lowest BCUT2D eigenvalue weighted by Gasteiger charge is -2.26. The van der Waals surface area contributed by atoms with E-state index in [9.17, 15) is 5.11 Å². The second-order valence-corrected chi connectivity index (χ2v) is 7.12. The summed E-state index contributed by atoms with van der Waals surface area (Å²) in [6, 6.07) is 15.4. The number of benzene rings is 2. The van der Waals surface area contributed by atoms with E-state index >= 15 is 0 Å². The maximum Gasteiger partial charge on any atom is 0.123 e. The van der Waals surface area contributed by atoms with Crippen LogP contribution in [0.25, 0.3) is 11.1 Å². The molecule has 0 aromatic heterocycles. The Bertz CT molecular complexity index is 708. The fourth-order valence-corrected chi connectivity index (χ4v) is 3.06. The molecule has 0 saturated heterocycles. The average molecular weight is 321 g/mol. The lowest BCUT2D eigenvalue weighted by Crippen LogP contribution is -2.16. The summed E-state index contributed by atoms with van der Waals surface area (Å²) in [4.78, 5) is 0. The van der Waals surface area contributed by atoms with Crippen LogP contribution in [0, 0.1) is 11.3 Å². The molecule has 0 unspecified atom stereocenters. The highest BCUT2D eigenvalue weighted by molar-refractivity contribution is 5.71. The predicted molar refractivity (Wildman–Crippen MR) is 100 cm³/mol. The molecule has 0 amide bonds. The number of phenolic OH excluding ortho intramolecular Hbond substituents is 1. The first-order valence-corrected chi connectivity index (χ1v) is 8.82. The SMILES string of the molecule is CCCCCCC(C)(C)c1ccc(-c2ccc(C#N)cc2)c(O)c1. The van der Waals surface area contributed by atoms with E-state index in [0.29, 0.717) is 11.3 Å². The molecule has 0 fully saturated rings. The largest absolute Gasteiger partial charge is 0.507 e. The smallest absolute Gasteiger partial charge is 0.123 e. The van der Waals surface area contributed by atoms with Gasteiger partial charge in [-0.2, -0.15) is 5.26 Å². The molecule has 126 valence electrons. The van der Waals surface area contributed by atoms with Crippen molar-refractivity contribution in [3.63, 3.8) is 0 Å². The van der Waals surface area contributed by atoms with Crippen LogP contribution in [0.2, 0.25) is 0 Å². The Hall–Kier alpha value is -2.27. The van der Waals surface area contributed by atoms with E-state index in [2.05, 4.69) is 32.9 Å². The normalized spacial score (nSPS) is 11.2. The van der Waals surface area contributed by atoms with Gasteiger partial charge in [0.15, 0.2) is 0 Å². The second-order valence-electron chi connectivity index (χ2n) is 7.12. The van der Waals surface area contributed by atoms with Gasteiger partial charge in [-0.15, -0.1) is 0 Å². The number of phenols is 1. The summed E-state index contributed by atoms with van der Waals surface area (Å²) in [5.74, 6) is 0.304. The van der Waals surface area contributed by atoms with Gasteiger partial charge in [0, 0.05) is 5.56 Å². The minimum Gasteiger partial charge on any atom is -0.507 e. The molecule has 1 N–H and O–H groups in total. The first-order chi connectivity index (χ1) is 11.5. The van der Waals surface area contributed by atoms with Gasteiger partial charge in [-0.25, -0.2) is 0 Å². The molecule has 0 aliphatic rings. The first-order valence-electron chi connectivity index (χ1n) is 8.82. The summed E-state index contributed by atoms with van der Waals surface area (Å²) in [5.41, 5.74) is 3.61. The van der Waals surface area contributed by atoms with Gasteiger partial charge in [0.2, 0.25) is 0 Å². The highest BCUT2D eigenvalue weighted by Crippen LogP contribution is 2.36. The van der Waals surface area contributed by atoms with Crippen molar-refractivity contribution < 1.29 is 5.11 Å². The Morgan fingerprint density at radius 3 is 2.29 bits per heavy atom. The molecule has 0 saturated carbocycles. The van der Waals surface area contributed by atoms with Crippen LogP contribution < -0.4 is 0 Å². The van der Waals surface area contributed by atoms with E-state index in [1.807, 2.05) is 24.3 Å². The van der Waals surface area contributed by atoms with E-state index in [1.165, 1.54) is 31.2 Å². The maximum atomic E-state index is 10.5. The Kier molecular flexibility index (Phi) is 6.04. The standard InChI is InChI=1S/C22H27NO/c1-4-5-6-7-14-22(2,3)19-12-13-20(21(24)15-19)18-10-8-17(16-23)9-11-18/h8-13,15,24H,4-7,14H2,1-3H3. The van der Waals surface area contributed by atoms with Crippen LogP contribution in [0.5, 0.6) is 5.75 Å². The zero-order chi connectivity index (χ0) is 17.6. The predicted octanol–water partition coefficient (Wildman–Crippen LogP) is 6.18. The molecule has 0 aliphatic heterocycles. The van der Waals surface area contributed by atoms with Gasteiger partial charge in [-0.1, -0.05) is 70.7 Å². The maximum absolute atomic E-state index is 10.5. The third-order valence-electron chi connectivity index (χ3n) is 4.76. The summed E-state index contributed by atoms with van der Waals surface area (Å²) in [6.45, 7) is 6.72. The number of rotatable bonds is 7. The van der Waals surface area contributed by atoms with Crippen LogP contribution in [-0.2, 0) is 5.41 Å². The molecular weight excluding hydrogens is 294 g/mol. The lowest BCUT2D eigenvalue weighted by molar-refractivity contribution is 0.438. The van der Waals surface area contributed by atoms with Crippen LogP contribution >= 0.6 is 0 Å². The topological polar surface area (TPSA) is 44.0 Å². The Balaban J connectivity index is 2.17. The van der Waals surface area contributed by atoms with Crippen molar-refractivity contribution in [1.82, 2.24) is 0 Å². The number of hydrogen-bond donors (Lipinski definition) is 1. The van der Waals surface area contributed by atoms with E-state index in [0.717, 1.165) is 17.5 Å². The molecule has 0 aliphatic carbocycles. The molecule has 2 aromatic rings. The average Bonchev–Trinajstić information content (AvgIpc) is 2.59. The molecule has 2 nitrogen and oxygen atoms in total. The lowest BCUT2D eigenvalue weighted by atomic mass is 9.79. The molecular formula is C22H27NO. The number of hydrogen-bond acceptors (Lipinski definition) is 2. The van der Waals surface area contributed by atoms with E-state index in [4.69, 9.17) is 5.26 Å². The highest BCUT2D eigenvalue weighted by atomic mass is 16.3. The molecule has 0 spiro atoms. The third-order valence-corrected chi connectivity index (χ3v) is 4.76. The van der Waals surface area contributed by atoms with Gasteiger partial charge in [0.05, 0.1) is 11.6 Å². The van der Waals surface area contributed by atoms with Crippen molar-refractivity contribution in [2.24, 2.45) is 0 Å². The summed E-state index contributed by atoms with van der Waals surface area (Å²) < 4.78 is 0. The Morgan fingerprint density at radius 2 is 1.71 bits per heavy atom. The van der Waals surface area contributed by atoms with Crippen LogP contribution in [0.1, 0.15) is 64.0 Å². The van der Waals surface area contributed by atoms with Crippen molar-refractivity contribution >= 4 is 0 Å². The molecule has 0 bridgehead atoms. The first kappa shape index (κ1) is 18.1. The molecule has 0 atom stereocenters. The number of nitriles is 1. The van der Waals surface area contributed by atoms with Crippen molar-refractivity contribution in [2.75, 3.05) is 0 Å². The van der Waals surface area contributed by atoms with Crippen molar-refractivity contribution in [2.45, 2.75) is 58.3 Å². The number of aromatic hydroxyl groups is 1. The van der Waals surface area contributed by atoms with Crippen LogP contribution in [0.3, 0.4) is 0 Å². The summed E-state index contributed by atoms with van der Waals surface area (Å²) in [7, 11) is 0. The van der Waals surface area contributed by atoms with Gasteiger partial charge in [-0.05, 0) is 41.2 Å². The summed E-state index contributed by atoms with van der Waals surface area (Å²) in [5, 5.41) is 19.4. The Labute approximate surface area is 145 Å². The van der Waals surface area contributed by atoms with Crippen LogP contribution in [0.4, 0.5) is 0 Å². The molecule has 24 heavy (non-hydrogen) atoms. The van der Waals surface area contributed by atoms with Crippen LogP contribution in [-0.4, -0.2) is 5.11 Å². The molecule has 2 heteroatoms.